The van der Waals surface area contributed by atoms with E-state index in [-0.39, 0.29) is 24.4 Å². The first kappa shape index (κ1) is 11.0. The van der Waals surface area contributed by atoms with Gasteiger partial charge in [-0.25, -0.2) is 9.38 Å². The Morgan fingerprint density at radius 2 is 2.25 bits per heavy atom. The minimum atomic E-state index is -0.477. The second-order valence-corrected chi connectivity index (χ2v) is 3.74. The van der Waals surface area contributed by atoms with E-state index in [0.717, 1.165) is 0 Å². The number of halogens is 1. The molecule has 0 spiro atoms. The molecule has 0 saturated carbocycles. The topological polar surface area (TPSA) is 49.7 Å². The van der Waals surface area contributed by atoms with Crippen LogP contribution in [0.25, 0.3) is 0 Å². The van der Waals surface area contributed by atoms with Crippen molar-refractivity contribution in [3.8, 4) is 0 Å². The molecule has 0 bridgehead atoms. The molecule has 0 unspecified atom stereocenters. The van der Waals surface area contributed by atoms with Gasteiger partial charge in [0.2, 0.25) is 0 Å². The fourth-order valence-electron chi connectivity index (χ4n) is 1.78. The Bertz CT molecular complexity index is 480. The van der Waals surface area contributed by atoms with Crippen molar-refractivity contribution in [2.24, 2.45) is 4.99 Å². The summed E-state index contributed by atoms with van der Waals surface area (Å²) < 4.78 is 13.4. The molecule has 16 heavy (non-hydrogen) atoms. The predicted octanol–water partition coefficient (Wildman–Crippen LogP) is 1.93. The van der Waals surface area contributed by atoms with Crippen molar-refractivity contribution in [3.05, 3.63) is 29.1 Å². The van der Waals surface area contributed by atoms with Crippen LogP contribution in [0.15, 0.2) is 17.1 Å². The number of carbonyl (C=O) groups excluding carboxylic acids is 1. The highest BCUT2D eigenvalue weighted by molar-refractivity contribution is 6.41. The van der Waals surface area contributed by atoms with Crippen LogP contribution in [-0.4, -0.2) is 16.6 Å². The number of nitrogens with zero attached hydrogens (tertiary/aromatic N) is 1. The molecule has 1 N–H and O–H groups in total. The van der Waals surface area contributed by atoms with Gasteiger partial charge in [-0.1, -0.05) is 6.92 Å². The summed E-state index contributed by atoms with van der Waals surface area (Å²) >= 11 is 0. The molecule has 1 aliphatic heterocycles. The van der Waals surface area contributed by atoms with Crippen molar-refractivity contribution < 1.29 is 14.3 Å². The molecule has 0 radical (unpaired) electrons. The number of rotatable bonds is 2. The first-order chi connectivity index (χ1) is 7.65. The van der Waals surface area contributed by atoms with Crippen LogP contribution in [0.4, 0.5) is 10.1 Å². The zero-order valence-corrected chi connectivity index (χ0v) is 8.96. The van der Waals surface area contributed by atoms with Crippen LogP contribution >= 0.6 is 0 Å². The first-order valence-corrected chi connectivity index (χ1v) is 5.18. The first-order valence-electron chi connectivity index (χ1n) is 5.18. The van der Waals surface area contributed by atoms with Crippen molar-refractivity contribution in [1.29, 1.82) is 0 Å². The number of aliphatic imine (C=N–C) groups is 1. The molecule has 1 aromatic carbocycles. The van der Waals surface area contributed by atoms with Crippen LogP contribution in [0.5, 0.6) is 0 Å². The van der Waals surface area contributed by atoms with Gasteiger partial charge in [0.1, 0.15) is 5.82 Å². The predicted molar refractivity (Wildman–Crippen MR) is 58.4 cm³/mol. The van der Waals surface area contributed by atoms with Gasteiger partial charge >= 0.3 is 0 Å². The van der Waals surface area contributed by atoms with E-state index in [4.69, 9.17) is 5.11 Å². The summed E-state index contributed by atoms with van der Waals surface area (Å²) in [4.78, 5) is 15.7. The van der Waals surface area contributed by atoms with E-state index < -0.39 is 5.82 Å². The van der Waals surface area contributed by atoms with Crippen molar-refractivity contribution in [1.82, 2.24) is 0 Å². The fraction of sp³-hybridized carbons (Fsp3) is 0.333. The lowest BCUT2D eigenvalue weighted by Gasteiger charge is -2.14. The summed E-state index contributed by atoms with van der Waals surface area (Å²) in [6.45, 7) is 1.48. The van der Waals surface area contributed by atoms with Crippen LogP contribution in [0.3, 0.4) is 0 Å². The molecule has 1 heterocycles. The molecule has 2 rings (SSSR count). The Hall–Kier alpha value is -1.55. The maximum absolute atomic E-state index is 13.4. The summed E-state index contributed by atoms with van der Waals surface area (Å²) in [7, 11) is 0. The smallest absolute Gasteiger partial charge is 0.181 e. The Morgan fingerprint density at radius 3 is 2.88 bits per heavy atom. The average molecular weight is 221 g/mol. The monoisotopic (exact) mass is 221 g/mol. The SMILES string of the molecule is CCC1=Nc2cc(F)c(CO)cc2CC1=O. The van der Waals surface area contributed by atoms with E-state index in [1.807, 2.05) is 6.92 Å². The molecule has 0 aliphatic carbocycles. The molecule has 1 aliphatic rings. The molecule has 0 aromatic heterocycles. The second kappa shape index (κ2) is 4.14. The highest BCUT2D eigenvalue weighted by atomic mass is 19.1. The molecule has 3 nitrogen and oxygen atoms in total. The largest absolute Gasteiger partial charge is 0.392 e. The molecular formula is C12H12FNO2. The van der Waals surface area contributed by atoms with E-state index in [9.17, 15) is 9.18 Å². The highest BCUT2D eigenvalue weighted by Crippen LogP contribution is 2.28. The molecule has 1 aromatic rings. The standard InChI is InChI=1S/C12H12FNO2/c1-2-10-12(16)4-7-3-8(6-15)9(13)5-11(7)14-10/h3,5,15H,2,4,6H2,1H3. The third-order valence-electron chi connectivity index (χ3n) is 2.68. The van der Waals surface area contributed by atoms with Crippen LogP contribution in [-0.2, 0) is 17.8 Å². The van der Waals surface area contributed by atoms with Gasteiger partial charge in [-0.05, 0) is 18.1 Å². The number of hydrogen-bond donors (Lipinski definition) is 1. The highest BCUT2D eigenvalue weighted by Gasteiger charge is 2.20. The van der Waals surface area contributed by atoms with Gasteiger partial charge in [0.05, 0.1) is 18.0 Å². The van der Waals surface area contributed by atoms with E-state index in [0.29, 0.717) is 23.4 Å². The van der Waals surface area contributed by atoms with Crippen LogP contribution in [0, 0.1) is 5.82 Å². The number of ketones is 1. The van der Waals surface area contributed by atoms with Crippen LogP contribution < -0.4 is 0 Å². The lowest BCUT2D eigenvalue weighted by atomic mass is 9.97. The Balaban J connectivity index is 2.53. The van der Waals surface area contributed by atoms with Gasteiger partial charge in [0, 0.05) is 18.1 Å². The van der Waals surface area contributed by atoms with E-state index >= 15 is 0 Å². The summed E-state index contributed by atoms with van der Waals surface area (Å²) in [5, 5.41) is 8.92. The van der Waals surface area contributed by atoms with Crippen molar-refractivity contribution in [3.63, 3.8) is 0 Å². The van der Waals surface area contributed by atoms with Gasteiger partial charge in [0.15, 0.2) is 5.78 Å². The Morgan fingerprint density at radius 1 is 1.50 bits per heavy atom. The Labute approximate surface area is 92.6 Å². The molecule has 0 atom stereocenters. The third-order valence-corrected chi connectivity index (χ3v) is 2.68. The van der Waals surface area contributed by atoms with Gasteiger partial charge in [-0.15, -0.1) is 0 Å². The van der Waals surface area contributed by atoms with Crippen molar-refractivity contribution in [2.75, 3.05) is 0 Å². The summed E-state index contributed by atoms with van der Waals surface area (Å²) in [6.07, 6.45) is 0.803. The van der Waals surface area contributed by atoms with Crippen molar-refractivity contribution in [2.45, 2.75) is 26.4 Å². The number of Topliss-reactive ketones (excluding diaryl/α,β-unsaturated/α-hetero) is 1. The Kier molecular flexibility index (Phi) is 2.83. The zero-order chi connectivity index (χ0) is 11.7. The average Bonchev–Trinajstić information content (AvgIpc) is 2.28. The lowest BCUT2D eigenvalue weighted by molar-refractivity contribution is -0.112. The summed E-state index contributed by atoms with van der Waals surface area (Å²) in [6, 6.07) is 2.79. The van der Waals surface area contributed by atoms with E-state index in [2.05, 4.69) is 4.99 Å². The summed E-state index contributed by atoms with van der Waals surface area (Å²) in [5.74, 6) is -0.500. The number of benzene rings is 1. The second-order valence-electron chi connectivity index (χ2n) is 3.74. The molecule has 84 valence electrons. The van der Waals surface area contributed by atoms with Gasteiger partial charge < -0.3 is 5.11 Å². The molecular weight excluding hydrogens is 209 g/mol. The number of hydrogen-bond acceptors (Lipinski definition) is 3. The quantitative estimate of drug-likeness (QED) is 0.829. The fourth-order valence-corrected chi connectivity index (χ4v) is 1.78. The number of aliphatic hydroxyl groups is 1. The van der Waals surface area contributed by atoms with E-state index in [1.165, 1.54) is 12.1 Å². The molecule has 0 amide bonds. The number of carbonyl (C=O) groups is 1. The van der Waals surface area contributed by atoms with Crippen molar-refractivity contribution >= 4 is 17.2 Å². The number of aliphatic hydroxyl groups excluding tert-OH is 1. The van der Waals surface area contributed by atoms with Crippen LogP contribution in [0.1, 0.15) is 24.5 Å². The lowest BCUT2D eigenvalue weighted by Crippen LogP contribution is -2.19. The summed E-state index contributed by atoms with van der Waals surface area (Å²) in [5.41, 5.74) is 1.89. The normalized spacial score (nSPS) is 14.7. The molecule has 4 heteroatoms. The number of fused-ring (bicyclic) bond motifs is 1. The van der Waals surface area contributed by atoms with Gasteiger partial charge in [0.25, 0.3) is 0 Å². The molecule has 0 fully saturated rings. The minimum absolute atomic E-state index is 0.0227. The van der Waals surface area contributed by atoms with Gasteiger partial charge in [-0.3, -0.25) is 4.79 Å². The van der Waals surface area contributed by atoms with Crippen LogP contribution in [0.2, 0.25) is 0 Å². The minimum Gasteiger partial charge on any atom is -0.392 e. The third kappa shape index (κ3) is 1.76. The van der Waals surface area contributed by atoms with Gasteiger partial charge in [-0.2, -0.15) is 0 Å². The van der Waals surface area contributed by atoms with E-state index in [1.54, 1.807) is 0 Å². The zero-order valence-electron chi connectivity index (χ0n) is 8.96. The maximum Gasteiger partial charge on any atom is 0.181 e. The molecule has 0 saturated heterocycles. The maximum atomic E-state index is 13.4.